The molecule has 0 aliphatic carbocycles. The quantitative estimate of drug-likeness (QED) is 0.713. The van der Waals surface area contributed by atoms with Crippen molar-refractivity contribution in [2.45, 2.75) is 19.4 Å². The van der Waals surface area contributed by atoms with Crippen LogP contribution >= 0.6 is 0 Å². The monoisotopic (exact) mass is 265 g/mol. The molecule has 0 fully saturated rings. The zero-order valence-electron chi connectivity index (χ0n) is 11.1. The molecular weight excluding hydrogens is 246 g/mol. The van der Waals surface area contributed by atoms with Crippen molar-refractivity contribution in [2.24, 2.45) is 5.73 Å². The SMILES string of the molecule is COC(CN)CC(=O)Nc1cccc(NC(C)=O)c1. The second-order valence-electron chi connectivity index (χ2n) is 4.11. The third kappa shape index (κ3) is 5.50. The second-order valence-corrected chi connectivity index (χ2v) is 4.11. The van der Waals surface area contributed by atoms with E-state index in [9.17, 15) is 9.59 Å². The highest BCUT2D eigenvalue weighted by molar-refractivity contribution is 5.93. The van der Waals surface area contributed by atoms with Crippen molar-refractivity contribution in [3.63, 3.8) is 0 Å². The van der Waals surface area contributed by atoms with Gasteiger partial charge < -0.3 is 21.1 Å². The molecule has 0 saturated carbocycles. The van der Waals surface area contributed by atoms with Gasteiger partial charge in [0.2, 0.25) is 11.8 Å². The molecule has 104 valence electrons. The zero-order valence-corrected chi connectivity index (χ0v) is 11.1. The second kappa shape index (κ2) is 7.50. The van der Waals surface area contributed by atoms with Crippen molar-refractivity contribution in [1.29, 1.82) is 0 Å². The van der Waals surface area contributed by atoms with Gasteiger partial charge in [-0.15, -0.1) is 0 Å². The topological polar surface area (TPSA) is 93.4 Å². The van der Waals surface area contributed by atoms with Crippen LogP contribution in [0.1, 0.15) is 13.3 Å². The Morgan fingerprint density at radius 2 is 1.95 bits per heavy atom. The first-order valence-corrected chi connectivity index (χ1v) is 5.95. The van der Waals surface area contributed by atoms with Crippen LogP contribution in [0, 0.1) is 0 Å². The van der Waals surface area contributed by atoms with Gasteiger partial charge in [-0.2, -0.15) is 0 Å². The molecule has 0 aliphatic rings. The van der Waals surface area contributed by atoms with Crippen LogP contribution in [-0.4, -0.2) is 31.6 Å². The summed E-state index contributed by atoms with van der Waals surface area (Å²) in [6.07, 6.45) is -0.101. The summed E-state index contributed by atoms with van der Waals surface area (Å²) in [5.41, 5.74) is 6.70. The van der Waals surface area contributed by atoms with E-state index in [1.54, 1.807) is 24.3 Å². The highest BCUT2D eigenvalue weighted by atomic mass is 16.5. The first-order valence-electron chi connectivity index (χ1n) is 5.95. The standard InChI is InChI=1S/C13H19N3O3/c1-9(17)15-10-4-3-5-11(6-10)16-13(18)7-12(8-14)19-2/h3-6,12H,7-8,14H2,1-2H3,(H,15,17)(H,16,18). The number of rotatable bonds is 6. The molecule has 0 aliphatic heterocycles. The number of carbonyl (C=O) groups is 2. The molecule has 0 radical (unpaired) electrons. The average molecular weight is 265 g/mol. The number of hydrogen-bond donors (Lipinski definition) is 3. The molecular formula is C13H19N3O3. The van der Waals surface area contributed by atoms with E-state index in [1.807, 2.05) is 0 Å². The zero-order chi connectivity index (χ0) is 14.3. The van der Waals surface area contributed by atoms with E-state index >= 15 is 0 Å². The molecule has 2 amide bonds. The number of nitrogens with one attached hydrogen (secondary N) is 2. The number of ether oxygens (including phenoxy) is 1. The summed E-state index contributed by atoms with van der Waals surface area (Å²) >= 11 is 0. The maximum absolute atomic E-state index is 11.7. The van der Waals surface area contributed by atoms with Crippen LogP contribution in [0.2, 0.25) is 0 Å². The number of carbonyl (C=O) groups excluding carboxylic acids is 2. The Morgan fingerprint density at radius 1 is 1.32 bits per heavy atom. The number of methoxy groups -OCH3 is 1. The van der Waals surface area contributed by atoms with Crippen LogP contribution in [-0.2, 0) is 14.3 Å². The van der Waals surface area contributed by atoms with Gasteiger partial charge in [0.15, 0.2) is 0 Å². The van der Waals surface area contributed by atoms with Gasteiger partial charge in [0.05, 0.1) is 12.5 Å². The Hall–Kier alpha value is -1.92. The van der Waals surface area contributed by atoms with Gasteiger partial charge in [-0.05, 0) is 18.2 Å². The van der Waals surface area contributed by atoms with Crippen molar-refractivity contribution in [3.05, 3.63) is 24.3 Å². The first-order chi connectivity index (χ1) is 9.05. The lowest BCUT2D eigenvalue weighted by Gasteiger charge is -2.13. The summed E-state index contributed by atoms with van der Waals surface area (Å²) in [6.45, 7) is 1.71. The van der Waals surface area contributed by atoms with Crippen molar-refractivity contribution in [2.75, 3.05) is 24.3 Å². The van der Waals surface area contributed by atoms with Crippen molar-refractivity contribution in [1.82, 2.24) is 0 Å². The summed E-state index contributed by atoms with van der Waals surface area (Å²) in [5, 5.41) is 5.38. The van der Waals surface area contributed by atoms with Gasteiger partial charge in [0.25, 0.3) is 0 Å². The molecule has 1 unspecified atom stereocenters. The smallest absolute Gasteiger partial charge is 0.227 e. The first kappa shape index (κ1) is 15.1. The predicted octanol–water partition coefficient (Wildman–Crippen LogP) is 0.947. The number of amides is 2. The van der Waals surface area contributed by atoms with Gasteiger partial charge in [-0.1, -0.05) is 6.07 Å². The van der Waals surface area contributed by atoms with Gasteiger partial charge >= 0.3 is 0 Å². The minimum atomic E-state index is -0.293. The Morgan fingerprint density at radius 3 is 2.47 bits per heavy atom. The van der Waals surface area contributed by atoms with E-state index in [4.69, 9.17) is 10.5 Å². The van der Waals surface area contributed by atoms with E-state index in [2.05, 4.69) is 10.6 Å². The van der Waals surface area contributed by atoms with Crippen molar-refractivity contribution in [3.8, 4) is 0 Å². The van der Waals surface area contributed by atoms with Crippen LogP contribution < -0.4 is 16.4 Å². The van der Waals surface area contributed by atoms with E-state index in [1.165, 1.54) is 14.0 Å². The molecule has 1 atom stereocenters. The lowest BCUT2D eigenvalue weighted by Crippen LogP contribution is -2.28. The molecule has 6 nitrogen and oxygen atoms in total. The van der Waals surface area contributed by atoms with Gasteiger partial charge in [-0.3, -0.25) is 9.59 Å². The lowest BCUT2D eigenvalue weighted by atomic mass is 10.2. The largest absolute Gasteiger partial charge is 0.380 e. The fourth-order valence-corrected chi connectivity index (χ4v) is 1.56. The summed E-state index contributed by atoms with van der Waals surface area (Å²) in [7, 11) is 1.52. The molecule has 0 heterocycles. The number of anilines is 2. The maximum Gasteiger partial charge on any atom is 0.227 e. The summed E-state index contributed by atoms with van der Waals surface area (Å²) in [5.74, 6) is -0.344. The highest BCUT2D eigenvalue weighted by Crippen LogP contribution is 2.15. The highest BCUT2D eigenvalue weighted by Gasteiger charge is 2.11. The average Bonchev–Trinajstić information content (AvgIpc) is 2.35. The summed E-state index contributed by atoms with van der Waals surface area (Å²) in [6, 6.07) is 6.92. The number of nitrogens with two attached hydrogens (primary N) is 1. The minimum absolute atomic E-state index is 0.161. The summed E-state index contributed by atoms with van der Waals surface area (Å²) in [4.78, 5) is 22.7. The molecule has 1 aromatic carbocycles. The maximum atomic E-state index is 11.7. The Kier molecular flexibility index (Phi) is 5.98. The molecule has 0 bridgehead atoms. The third-order valence-electron chi connectivity index (χ3n) is 2.48. The van der Waals surface area contributed by atoms with Crippen LogP contribution in [0.15, 0.2) is 24.3 Å². The molecule has 0 aromatic heterocycles. The Bertz CT molecular complexity index is 445. The van der Waals surface area contributed by atoms with Crippen LogP contribution in [0.25, 0.3) is 0 Å². The van der Waals surface area contributed by atoms with Gasteiger partial charge in [-0.25, -0.2) is 0 Å². The molecule has 6 heteroatoms. The van der Waals surface area contributed by atoms with E-state index in [0.29, 0.717) is 11.4 Å². The van der Waals surface area contributed by atoms with E-state index in [-0.39, 0.29) is 30.9 Å². The van der Waals surface area contributed by atoms with Crippen LogP contribution in [0.5, 0.6) is 0 Å². The molecule has 0 saturated heterocycles. The summed E-state index contributed by atoms with van der Waals surface area (Å²) < 4.78 is 5.04. The van der Waals surface area contributed by atoms with Crippen molar-refractivity contribution < 1.29 is 14.3 Å². The fraction of sp³-hybridized carbons (Fsp3) is 0.385. The lowest BCUT2D eigenvalue weighted by molar-refractivity contribution is -0.118. The van der Waals surface area contributed by atoms with Crippen LogP contribution in [0.4, 0.5) is 11.4 Å². The predicted molar refractivity (Wildman–Crippen MR) is 73.8 cm³/mol. The van der Waals surface area contributed by atoms with Crippen molar-refractivity contribution >= 4 is 23.2 Å². The van der Waals surface area contributed by atoms with E-state index in [0.717, 1.165) is 0 Å². The molecule has 19 heavy (non-hydrogen) atoms. The minimum Gasteiger partial charge on any atom is -0.380 e. The normalized spacial score (nSPS) is 11.7. The van der Waals surface area contributed by atoms with Crippen LogP contribution in [0.3, 0.4) is 0 Å². The van der Waals surface area contributed by atoms with Gasteiger partial charge in [0, 0.05) is 32.0 Å². The third-order valence-corrected chi connectivity index (χ3v) is 2.48. The van der Waals surface area contributed by atoms with Gasteiger partial charge in [0.1, 0.15) is 0 Å². The van der Waals surface area contributed by atoms with E-state index < -0.39 is 0 Å². The number of benzene rings is 1. The Balaban J connectivity index is 2.61. The molecule has 4 N–H and O–H groups in total. The Labute approximate surface area is 112 Å². The molecule has 0 spiro atoms. The fourth-order valence-electron chi connectivity index (χ4n) is 1.56. The number of hydrogen-bond acceptors (Lipinski definition) is 4. The molecule has 1 aromatic rings. The molecule has 1 rings (SSSR count).